The quantitative estimate of drug-likeness (QED) is 0.877. The van der Waals surface area contributed by atoms with Crippen molar-refractivity contribution in [3.05, 3.63) is 35.7 Å². The Kier molecular flexibility index (Phi) is 3.54. The van der Waals surface area contributed by atoms with E-state index in [0.29, 0.717) is 18.2 Å². The van der Waals surface area contributed by atoms with Crippen LogP contribution in [-0.2, 0) is 19.4 Å². The maximum Gasteiger partial charge on any atom is 0.271 e. The van der Waals surface area contributed by atoms with Gasteiger partial charge in [-0.3, -0.25) is 9.89 Å². The smallest absolute Gasteiger partial charge is 0.271 e. The zero-order valence-electron chi connectivity index (χ0n) is 11.6. The summed E-state index contributed by atoms with van der Waals surface area (Å²) in [7, 11) is 0. The van der Waals surface area contributed by atoms with Crippen LogP contribution in [0.4, 0.5) is 0 Å². The third kappa shape index (κ3) is 2.59. The summed E-state index contributed by atoms with van der Waals surface area (Å²) >= 11 is 0. The van der Waals surface area contributed by atoms with Gasteiger partial charge in [0.15, 0.2) is 0 Å². The lowest BCUT2D eigenvalue weighted by molar-refractivity contribution is 0.0938. The number of fused-ring (bicyclic) bond motifs is 1. The van der Waals surface area contributed by atoms with E-state index in [-0.39, 0.29) is 5.91 Å². The summed E-state index contributed by atoms with van der Waals surface area (Å²) in [5.74, 6) is 1.51. The highest BCUT2D eigenvalue weighted by atomic mass is 16.1. The molecular formula is C14H19N5O. The SMILES string of the molecule is CCc1cc(C(=O)NC[C@H]2CCc3nccn3C2)n[nH]1. The summed E-state index contributed by atoms with van der Waals surface area (Å²) in [5.41, 5.74) is 1.46. The van der Waals surface area contributed by atoms with E-state index >= 15 is 0 Å². The summed E-state index contributed by atoms with van der Waals surface area (Å²) in [6, 6.07) is 1.81. The van der Waals surface area contributed by atoms with Crippen molar-refractivity contribution in [2.75, 3.05) is 6.54 Å². The minimum atomic E-state index is -0.0996. The van der Waals surface area contributed by atoms with Crippen molar-refractivity contribution in [3.8, 4) is 0 Å². The molecule has 2 aromatic rings. The van der Waals surface area contributed by atoms with Crippen LogP contribution in [0, 0.1) is 5.92 Å². The molecule has 1 atom stereocenters. The van der Waals surface area contributed by atoms with Gasteiger partial charge < -0.3 is 9.88 Å². The Morgan fingerprint density at radius 2 is 2.50 bits per heavy atom. The maximum atomic E-state index is 12.0. The Morgan fingerprint density at radius 1 is 1.60 bits per heavy atom. The first-order valence-electron chi connectivity index (χ1n) is 7.08. The van der Waals surface area contributed by atoms with Crippen LogP contribution < -0.4 is 5.32 Å². The number of H-pyrrole nitrogens is 1. The molecule has 0 aliphatic carbocycles. The van der Waals surface area contributed by atoms with E-state index in [4.69, 9.17) is 0 Å². The highest BCUT2D eigenvalue weighted by molar-refractivity contribution is 5.92. The molecule has 2 aromatic heterocycles. The second kappa shape index (κ2) is 5.48. The first-order valence-corrected chi connectivity index (χ1v) is 7.08. The van der Waals surface area contributed by atoms with E-state index in [9.17, 15) is 4.79 Å². The molecule has 3 rings (SSSR count). The summed E-state index contributed by atoms with van der Waals surface area (Å²) in [5, 5.41) is 9.86. The number of hydrogen-bond donors (Lipinski definition) is 2. The lowest BCUT2D eigenvalue weighted by Crippen LogP contribution is -2.33. The summed E-state index contributed by atoms with van der Waals surface area (Å²) < 4.78 is 2.17. The number of nitrogens with zero attached hydrogens (tertiary/aromatic N) is 3. The topological polar surface area (TPSA) is 75.6 Å². The molecule has 2 N–H and O–H groups in total. The van der Waals surface area contributed by atoms with Gasteiger partial charge in [-0.2, -0.15) is 5.10 Å². The number of imidazole rings is 1. The predicted molar refractivity (Wildman–Crippen MR) is 74.3 cm³/mol. The third-order valence-electron chi connectivity index (χ3n) is 3.83. The van der Waals surface area contributed by atoms with Crippen molar-refractivity contribution in [3.63, 3.8) is 0 Å². The second-order valence-electron chi connectivity index (χ2n) is 5.24. The second-order valence-corrected chi connectivity index (χ2v) is 5.24. The molecule has 20 heavy (non-hydrogen) atoms. The van der Waals surface area contributed by atoms with Gasteiger partial charge in [0.05, 0.1) is 0 Å². The van der Waals surface area contributed by atoms with Gasteiger partial charge in [0.1, 0.15) is 11.5 Å². The molecule has 1 aliphatic heterocycles. The fraction of sp³-hybridized carbons (Fsp3) is 0.500. The number of aromatic amines is 1. The van der Waals surface area contributed by atoms with Crippen molar-refractivity contribution >= 4 is 5.91 Å². The Labute approximate surface area is 117 Å². The van der Waals surface area contributed by atoms with Gasteiger partial charge in [0.2, 0.25) is 0 Å². The number of aryl methyl sites for hydroxylation is 2. The summed E-state index contributed by atoms with van der Waals surface area (Å²) in [6.07, 6.45) is 6.75. The van der Waals surface area contributed by atoms with Gasteiger partial charge in [-0.1, -0.05) is 6.92 Å². The van der Waals surface area contributed by atoms with Crippen LogP contribution in [0.2, 0.25) is 0 Å². The molecule has 0 saturated heterocycles. The van der Waals surface area contributed by atoms with Crippen LogP contribution in [0.3, 0.4) is 0 Å². The zero-order chi connectivity index (χ0) is 13.9. The van der Waals surface area contributed by atoms with E-state index in [1.165, 1.54) is 0 Å². The minimum absolute atomic E-state index is 0.0996. The molecule has 6 nitrogen and oxygen atoms in total. The highest BCUT2D eigenvalue weighted by Gasteiger charge is 2.20. The van der Waals surface area contributed by atoms with Crippen molar-refractivity contribution in [2.45, 2.75) is 32.7 Å². The zero-order valence-corrected chi connectivity index (χ0v) is 11.6. The first kappa shape index (κ1) is 12.9. The van der Waals surface area contributed by atoms with Gasteiger partial charge in [-0.15, -0.1) is 0 Å². The molecule has 1 amide bonds. The summed E-state index contributed by atoms with van der Waals surface area (Å²) in [6.45, 7) is 3.64. The number of hydrogen-bond acceptors (Lipinski definition) is 3. The molecule has 6 heteroatoms. The van der Waals surface area contributed by atoms with Crippen molar-refractivity contribution in [2.24, 2.45) is 5.92 Å². The largest absolute Gasteiger partial charge is 0.350 e. The van der Waals surface area contributed by atoms with Crippen LogP contribution >= 0.6 is 0 Å². The van der Waals surface area contributed by atoms with Crippen LogP contribution in [-0.4, -0.2) is 32.2 Å². The third-order valence-corrected chi connectivity index (χ3v) is 3.83. The molecule has 1 aliphatic rings. The molecular weight excluding hydrogens is 254 g/mol. The molecule has 0 aromatic carbocycles. The monoisotopic (exact) mass is 273 g/mol. The van der Waals surface area contributed by atoms with E-state index in [2.05, 4.69) is 25.1 Å². The Balaban J connectivity index is 1.54. The van der Waals surface area contributed by atoms with Crippen LogP contribution in [0.25, 0.3) is 0 Å². The Hall–Kier alpha value is -2.11. The number of amides is 1. The van der Waals surface area contributed by atoms with E-state index in [1.54, 1.807) is 0 Å². The molecule has 0 unspecified atom stereocenters. The molecule has 0 radical (unpaired) electrons. The van der Waals surface area contributed by atoms with Gasteiger partial charge in [-0.05, 0) is 24.8 Å². The Morgan fingerprint density at radius 3 is 3.30 bits per heavy atom. The first-order chi connectivity index (χ1) is 9.76. The fourth-order valence-corrected chi connectivity index (χ4v) is 2.59. The van der Waals surface area contributed by atoms with Gasteiger partial charge in [-0.25, -0.2) is 4.98 Å². The van der Waals surface area contributed by atoms with Gasteiger partial charge in [0, 0.05) is 37.6 Å². The molecule has 0 bridgehead atoms. The van der Waals surface area contributed by atoms with E-state index in [0.717, 1.165) is 37.3 Å². The van der Waals surface area contributed by atoms with Crippen LogP contribution in [0.1, 0.15) is 35.4 Å². The average molecular weight is 273 g/mol. The number of aromatic nitrogens is 4. The number of nitrogens with one attached hydrogen (secondary N) is 2. The highest BCUT2D eigenvalue weighted by Crippen LogP contribution is 2.18. The molecule has 106 valence electrons. The van der Waals surface area contributed by atoms with Gasteiger partial charge >= 0.3 is 0 Å². The lowest BCUT2D eigenvalue weighted by Gasteiger charge is -2.23. The van der Waals surface area contributed by atoms with Crippen LogP contribution in [0.5, 0.6) is 0 Å². The number of carbonyl (C=O) groups is 1. The van der Waals surface area contributed by atoms with Crippen molar-refractivity contribution < 1.29 is 4.79 Å². The number of rotatable bonds is 4. The Bertz CT molecular complexity index is 600. The van der Waals surface area contributed by atoms with Crippen LogP contribution in [0.15, 0.2) is 18.5 Å². The van der Waals surface area contributed by atoms with Gasteiger partial charge in [0.25, 0.3) is 5.91 Å². The normalized spacial score (nSPS) is 17.8. The number of carbonyl (C=O) groups excluding carboxylic acids is 1. The summed E-state index contributed by atoms with van der Waals surface area (Å²) in [4.78, 5) is 16.3. The van der Waals surface area contributed by atoms with E-state index in [1.807, 2.05) is 25.4 Å². The molecule has 3 heterocycles. The van der Waals surface area contributed by atoms with Crippen molar-refractivity contribution in [1.29, 1.82) is 0 Å². The lowest BCUT2D eigenvalue weighted by atomic mass is 9.99. The minimum Gasteiger partial charge on any atom is -0.350 e. The fourth-order valence-electron chi connectivity index (χ4n) is 2.59. The molecule has 0 spiro atoms. The van der Waals surface area contributed by atoms with Crippen molar-refractivity contribution in [1.82, 2.24) is 25.1 Å². The molecule has 0 fully saturated rings. The predicted octanol–water partition coefficient (Wildman–Crippen LogP) is 1.16. The standard InChI is InChI=1S/C14H19N5O/c1-2-11-7-12(18-17-11)14(20)16-8-10-3-4-13-15-5-6-19(13)9-10/h5-7,10H,2-4,8-9H2,1H3,(H,16,20)(H,17,18)/t10-/m1/s1. The molecule has 0 saturated carbocycles. The maximum absolute atomic E-state index is 12.0. The average Bonchev–Trinajstić information content (AvgIpc) is 3.12. The van der Waals surface area contributed by atoms with E-state index < -0.39 is 0 Å².